The number of aliphatic carboxylic acids is 5. The minimum atomic E-state index is -2.16. The smallest absolute Gasteiger partial charge is 0.328 e. The molecule has 0 saturated carbocycles. The third-order valence-electron chi connectivity index (χ3n) is 21.8. The van der Waals surface area contributed by atoms with Crippen LogP contribution in [0.3, 0.4) is 0 Å². The number of thioether (sulfide) groups is 1. The zero-order valence-corrected chi connectivity index (χ0v) is 84.2. The average molecular weight is 2080 g/mol. The molecule has 0 saturated heterocycles. The molecule has 0 unspecified atom stereocenters. The van der Waals surface area contributed by atoms with Crippen LogP contribution >= 0.6 is 11.8 Å². The number of phenolic OH excluding ortho intramolecular Hbond substituents is 1. The van der Waals surface area contributed by atoms with Gasteiger partial charge in [-0.15, -0.1) is 0 Å². The summed E-state index contributed by atoms with van der Waals surface area (Å²) in [6, 6.07) is -23.3. The Bertz CT molecular complexity index is 4750. The number of phenols is 1. The van der Waals surface area contributed by atoms with Crippen molar-refractivity contribution in [2.75, 3.05) is 45.3 Å². The lowest BCUT2D eigenvalue weighted by Gasteiger charge is -2.39. The van der Waals surface area contributed by atoms with Crippen LogP contribution < -0.4 is 119 Å². The molecule has 0 aliphatic heterocycles. The van der Waals surface area contributed by atoms with Crippen LogP contribution in [0.1, 0.15) is 179 Å². The minimum absolute atomic E-state index is 0.00555. The lowest BCUT2D eigenvalue weighted by atomic mass is 9.84. The lowest BCUT2D eigenvalue weighted by molar-refractivity contribution is -0.147. The Morgan fingerprint density at radius 3 is 1.10 bits per heavy atom. The molecular formula is C88H142N24O32S. The van der Waals surface area contributed by atoms with Crippen molar-refractivity contribution in [2.45, 2.75) is 283 Å². The third-order valence-corrected chi connectivity index (χ3v) is 22.5. The maximum Gasteiger partial charge on any atom is 0.328 e. The second-order valence-electron chi connectivity index (χ2n) is 36.5. The Balaban J connectivity index is 3.59. The fourth-order valence-electron chi connectivity index (χ4n) is 13.7. The largest absolute Gasteiger partial charge is 0.508 e. The highest BCUT2D eigenvalue weighted by Gasteiger charge is 2.44. The van der Waals surface area contributed by atoms with E-state index in [1.165, 1.54) is 93.5 Å². The van der Waals surface area contributed by atoms with Gasteiger partial charge >= 0.3 is 29.8 Å². The predicted molar refractivity (Wildman–Crippen MR) is 513 cm³/mol. The van der Waals surface area contributed by atoms with Gasteiger partial charge in [-0.2, -0.15) is 11.8 Å². The van der Waals surface area contributed by atoms with Crippen LogP contribution in [-0.2, 0) is 126 Å². The lowest BCUT2D eigenvalue weighted by Crippen LogP contribution is -2.62. The van der Waals surface area contributed by atoms with Crippen molar-refractivity contribution >= 4 is 166 Å². The summed E-state index contributed by atoms with van der Waals surface area (Å²) in [5, 5.41) is 118. The number of likely N-dealkylation sites (N-methyl/N-ethyl adjacent to an activating group) is 1. The number of nitrogens with zero attached hydrogens (tertiary/aromatic N) is 1. The van der Waals surface area contributed by atoms with E-state index >= 15 is 0 Å². The van der Waals surface area contributed by atoms with Crippen LogP contribution in [-0.4, -0.2) is 343 Å². The number of hydrogen-bond acceptors (Lipinski definition) is 30. The number of amides is 20. The summed E-state index contributed by atoms with van der Waals surface area (Å²) in [6.45, 7) is 15.8. The molecular weight excluding hydrogens is 1940 g/mol. The highest BCUT2D eigenvalue weighted by molar-refractivity contribution is 7.98. The second-order valence-corrected chi connectivity index (χ2v) is 37.5. The standard InChI is InChI=1S/C88H142N24O32S/c1-39(2)65(91)81(138)97-43(9)70(127)101-49(23-27-58(90)116)73(130)102-47(17-16-31-94-87(92)93)76(133)110-67(41(5)6)83(140)98-44(10)71(128)106-54(34-63(123)124)79(136)104-50(24-28-61(119)120)74(131)105-52(30-32-145-15)75(132)107-55(35-64(125)126)80(137)111-68(42(7)8)85(142)112(14)69(88(11,12)13)84(141)96-37-59(117)99-48(22-26-57(89)115)72(129)103-51(25-29-62(121)122)77(134)109-66(40(3)4)82(139)95-36-60(118)100-53(33-45-18-20-46(114)21-19-45)78(135)108-56(38-113)86(143)144/h18-21,39-44,47-56,65-69,113-114H,16-17,22-38,91H2,1-15H3,(H2,89,115)(H2,90,116)(H,95,139)(H,96,141)(H,97,138)(H,98,140)(H,99,117)(H,100,118)(H,101,127)(H,102,130)(H,103,129)(H,104,136)(H,105,131)(H,106,128)(H,107,132)(H,108,135)(H,109,134)(H,110,133)(H,111,137)(H,119,120)(H,121,122)(H,123,124)(H,125,126)(H,143,144)(H4,92,93,94)/t43-,44-,47-,48-,49-,50-,51-,52-,53-,54-,55-,56-,65-,66-,67-,68-,69+/m0/s1. The molecule has 1 aromatic rings. The van der Waals surface area contributed by atoms with Crippen molar-refractivity contribution in [3.05, 3.63) is 29.8 Å². The normalized spacial score (nSPS) is 14.7. The highest BCUT2D eigenvalue weighted by atomic mass is 32.2. The summed E-state index contributed by atoms with van der Waals surface area (Å²) in [6.07, 6.45) is -7.09. The molecule has 1 rings (SSSR count). The Hall–Kier alpha value is -14.7. The summed E-state index contributed by atoms with van der Waals surface area (Å²) in [5.74, 6) is -33.9. The fourth-order valence-corrected chi connectivity index (χ4v) is 14.1. The van der Waals surface area contributed by atoms with E-state index < -0.39 is 364 Å². The van der Waals surface area contributed by atoms with Crippen molar-refractivity contribution in [1.29, 1.82) is 5.41 Å². The molecule has 34 N–H and O–H groups in total. The molecule has 0 heterocycles. The Labute approximate surface area is 839 Å². The molecule has 57 heteroatoms. The SMILES string of the molecule is CSCC[C@H](NC(=O)[C@H](CCC(=O)O)NC(=O)[C@H](CC(=O)O)NC(=O)[C@H](C)NC(=O)[C@@H](NC(=O)[C@H](CCCNC(=N)N)NC(=O)[C@H](CCC(N)=O)NC(=O)[C@H](C)NC(=O)[C@@H](N)C(C)C)C(C)C)C(=O)N[C@@H](CC(=O)O)C(=O)N[C@H](C(=O)N(C)[C@H](C(=O)NCC(=O)N[C@@H](CCC(N)=O)C(=O)N[C@@H](CCC(=O)O)C(=O)N[C@H](C(=O)NCC(=O)N[C@@H](Cc1ccc(O)cc1)C(=O)N[C@@H](CO)C(=O)O)C(C)C)C(C)(C)C)C(C)C. The maximum atomic E-state index is 14.8. The molecule has 0 aliphatic carbocycles. The first-order valence-electron chi connectivity index (χ1n) is 46.1. The molecule has 56 nitrogen and oxygen atoms in total. The number of primary amides is 2. The van der Waals surface area contributed by atoms with Crippen molar-refractivity contribution < 1.29 is 156 Å². The second kappa shape index (κ2) is 63.4. The number of rotatable bonds is 67. The highest BCUT2D eigenvalue weighted by Crippen LogP contribution is 2.26. The predicted octanol–water partition coefficient (Wildman–Crippen LogP) is -9.39. The molecule has 1 aromatic carbocycles. The van der Waals surface area contributed by atoms with Gasteiger partial charge < -0.3 is 159 Å². The van der Waals surface area contributed by atoms with Crippen LogP contribution in [0.2, 0.25) is 0 Å². The number of nitrogens with two attached hydrogens (primary N) is 4. The molecule has 0 aliphatic rings. The molecule has 0 radical (unpaired) electrons. The molecule has 0 fully saturated rings. The molecule has 0 aromatic heterocycles. The van der Waals surface area contributed by atoms with Crippen molar-refractivity contribution in [3.8, 4) is 5.75 Å². The van der Waals surface area contributed by atoms with E-state index in [0.717, 1.165) is 30.6 Å². The van der Waals surface area contributed by atoms with Gasteiger partial charge in [0.1, 0.15) is 102 Å². The van der Waals surface area contributed by atoms with E-state index in [0.29, 0.717) is 5.56 Å². The van der Waals surface area contributed by atoms with Crippen molar-refractivity contribution in [3.63, 3.8) is 0 Å². The van der Waals surface area contributed by atoms with Gasteiger partial charge in [0.25, 0.3) is 0 Å². The minimum Gasteiger partial charge on any atom is -0.508 e. The van der Waals surface area contributed by atoms with Gasteiger partial charge in [0, 0.05) is 45.7 Å². The first-order valence-corrected chi connectivity index (χ1v) is 47.5. The number of guanidine groups is 1. The first-order chi connectivity index (χ1) is 67.4. The van der Waals surface area contributed by atoms with Crippen LogP contribution in [0.15, 0.2) is 24.3 Å². The zero-order chi connectivity index (χ0) is 111. The van der Waals surface area contributed by atoms with Crippen LogP contribution in [0, 0.1) is 34.5 Å². The van der Waals surface area contributed by atoms with Crippen LogP contribution in [0.4, 0.5) is 0 Å². The third kappa shape index (κ3) is 48.3. The van der Waals surface area contributed by atoms with Crippen LogP contribution in [0.25, 0.3) is 0 Å². The molecule has 17 atom stereocenters. The molecule has 0 bridgehead atoms. The number of benzene rings is 1. The van der Waals surface area contributed by atoms with Crippen molar-refractivity contribution in [1.82, 2.24) is 101 Å². The fraction of sp³-hybridized carbons (Fsp3) is 0.636. The van der Waals surface area contributed by atoms with E-state index in [4.69, 9.17) is 28.3 Å². The monoisotopic (exact) mass is 2080 g/mol. The number of carbonyl (C=O) groups is 25. The van der Waals surface area contributed by atoms with E-state index in [2.05, 4.69) is 95.7 Å². The number of aliphatic hydroxyl groups excluding tert-OH is 1. The van der Waals surface area contributed by atoms with Crippen LogP contribution in [0.5, 0.6) is 5.75 Å². The van der Waals surface area contributed by atoms with E-state index in [1.807, 2.05) is 0 Å². The Morgan fingerprint density at radius 1 is 0.379 bits per heavy atom. The average Bonchev–Trinajstić information content (AvgIpc) is 0.800. The number of nitrogens with one attached hydrogen (secondary N) is 19. The van der Waals surface area contributed by atoms with Crippen molar-refractivity contribution in [2.24, 2.45) is 52.0 Å². The summed E-state index contributed by atoms with van der Waals surface area (Å²) < 4.78 is 0. The van der Waals surface area contributed by atoms with Gasteiger partial charge in [-0.3, -0.25) is 120 Å². The van der Waals surface area contributed by atoms with Gasteiger partial charge in [-0.25, -0.2) is 4.79 Å². The maximum absolute atomic E-state index is 14.8. The Morgan fingerprint density at radius 2 is 0.717 bits per heavy atom. The zero-order valence-electron chi connectivity index (χ0n) is 83.4. The van der Waals surface area contributed by atoms with Gasteiger partial charge in [0.05, 0.1) is 38.6 Å². The topological polar surface area (TPSA) is 916 Å². The number of carboxylic acid groups (broad SMARTS) is 5. The van der Waals surface area contributed by atoms with E-state index in [-0.39, 0.29) is 49.6 Å². The Kier molecular flexibility index (Phi) is 56.1. The number of carbonyl (C=O) groups excluding carboxylic acids is 20. The molecule has 20 amide bonds. The van der Waals surface area contributed by atoms with E-state index in [1.54, 1.807) is 20.1 Å². The van der Waals surface area contributed by atoms with E-state index in [9.17, 15) is 156 Å². The summed E-state index contributed by atoms with van der Waals surface area (Å²) in [7, 11) is 1.12. The first kappa shape index (κ1) is 128. The number of carboxylic acids is 5. The van der Waals surface area contributed by atoms with Gasteiger partial charge in [0.2, 0.25) is 118 Å². The molecule has 145 heavy (non-hydrogen) atoms. The summed E-state index contributed by atoms with van der Waals surface area (Å²) >= 11 is 1.10. The van der Waals surface area contributed by atoms with Gasteiger partial charge in [-0.05, 0) is 118 Å². The van der Waals surface area contributed by atoms with Gasteiger partial charge in [-0.1, -0.05) is 88.3 Å². The summed E-state index contributed by atoms with van der Waals surface area (Å²) in [5.41, 5.74) is 21.2. The molecule has 0 spiro atoms. The number of aliphatic hydroxyl groups is 1. The summed E-state index contributed by atoms with van der Waals surface area (Å²) in [4.78, 5) is 337. The van der Waals surface area contributed by atoms with Gasteiger partial charge in [0.15, 0.2) is 5.96 Å². The number of aromatic hydroxyl groups is 1. The number of hydrogen-bond donors (Lipinski definition) is 30. The quantitative estimate of drug-likeness (QED) is 0.0164. The molecule has 812 valence electrons.